The Labute approximate surface area is 114 Å². The lowest BCUT2D eigenvalue weighted by Crippen LogP contribution is -2.45. The number of anilines is 1. The van der Waals surface area contributed by atoms with Crippen LogP contribution in [-0.2, 0) is 4.79 Å². The molecule has 19 heavy (non-hydrogen) atoms. The third kappa shape index (κ3) is 2.14. The Balaban J connectivity index is 1.84. The van der Waals surface area contributed by atoms with E-state index in [1.54, 1.807) is 0 Å². The topological polar surface area (TPSA) is 23.6 Å². The number of hydrogen-bond acceptors (Lipinski definition) is 2. The van der Waals surface area contributed by atoms with E-state index in [9.17, 15) is 4.79 Å². The van der Waals surface area contributed by atoms with Crippen LogP contribution < -0.4 is 5.01 Å². The molecule has 0 bridgehead atoms. The van der Waals surface area contributed by atoms with E-state index in [-0.39, 0.29) is 5.92 Å². The third-order valence-electron chi connectivity index (χ3n) is 4.01. The summed E-state index contributed by atoms with van der Waals surface area (Å²) in [4.78, 5) is 12.5. The molecular formula is C16H20N2O. The zero-order valence-electron chi connectivity index (χ0n) is 11.4. The van der Waals surface area contributed by atoms with Crippen molar-refractivity contribution in [3.8, 4) is 0 Å². The minimum atomic E-state index is 0.225. The van der Waals surface area contributed by atoms with Gasteiger partial charge in [-0.15, -0.1) is 0 Å². The summed E-state index contributed by atoms with van der Waals surface area (Å²) >= 11 is 0. The quantitative estimate of drug-likeness (QED) is 0.829. The standard InChI is InChI=1S/C16H20N2O/c1-2-6-14-10-12-18(16(14)19)17-11-5-8-13-7-3-4-9-15(13)17/h3-5,7-9,14H,2,6,10-12H2,1H3. The molecule has 3 rings (SSSR count). The molecule has 2 aliphatic heterocycles. The molecule has 0 spiro atoms. The average molecular weight is 256 g/mol. The highest BCUT2D eigenvalue weighted by atomic mass is 16.2. The van der Waals surface area contributed by atoms with E-state index >= 15 is 0 Å². The number of amides is 1. The van der Waals surface area contributed by atoms with Crippen LogP contribution in [0.4, 0.5) is 5.69 Å². The first-order chi connectivity index (χ1) is 9.31. The van der Waals surface area contributed by atoms with Gasteiger partial charge in [-0.25, -0.2) is 0 Å². The maximum absolute atomic E-state index is 12.5. The fourth-order valence-electron chi connectivity index (χ4n) is 3.05. The van der Waals surface area contributed by atoms with Crippen molar-refractivity contribution in [1.29, 1.82) is 0 Å². The summed E-state index contributed by atoms with van der Waals surface area (Å²) < 4.78 is 0. The van der Waals surface area contributed by atoms with Crippen LogP contribution in [0.15, 0.2) is 30.3 Å². The lowest BCUT2D eigenvalue weighted by Gasteiger charge is -2.36. The molecule has 0 aliphatic carbocycles. The number of carbonyl (C=O) groups excluding carboxylic acids is 1. The van der Waals surface area contributed by atoms with Crippen molar-refractivity contribution >= 4 is 17.7 Å². The second-order valence-corrected chi connectivity index (χ2v) is 5.28. The molecule has 3 nitrogen and oxygen atoms in total. The van der Waals surface area contributed by atoms with Gasteiger partial charge in [-0.05, 0) is 24.5 Å². The fourth-order valence-corrected chi connectivity index (χ4v) is 3.05. The second kappa shape index (κ2) is 5.08. The fraction of sp³-hybridized carbons (Fsp3) is 0.438. The Hall–Kier alpha value is -1.77. The van der Waals surface area contributed by atoms with Crippen molar-refractivity contribution in [1.82, 2.24) is 5.01 Å². The highest BCUT2D eigenvalue weighted by molar-refractivity contribution is 5.84. The summed E-state index contributed by atoms with van der Waals surface area (Å²) in [6.07, 6.45) is 7.36. The van der Waals surface area contributed by atoms with Gasteiger partial charge < -0.3 is 0 Å². The summed E-state index contributed by atoms with van der Waals surface area (Å²) in [6, 6.07) is 8.27. The molecule has 2 aliphatic rings. The van der Waals surface area contributed by atoms with E-state index in [4.69, 9.17) is 0 Å². The van der Waals surface area contributed by atoms with Crippen LogP contribution >= 0.6 is 0 Å². The maximum Gasteiger partial charge on any atom is 0.244 e. The predicted molar refractivity (Wildman–Crippen MR) is 77.6 cm³/mol. The molecule has 0 saturated carbocycles. The van der Waals surface area contributed by atoms with Crippen LogP contribution in [0.5, 0.6) is 0 Å². The number of nitrogens with zero attached hydrogens (tertiary/aromatic N) is 2. The van der Waals surface area contributed by atoms with E-state index in [0.29, 0.717) is 5.91 Å². The number of benzene rings is 1. The summed E-state index contributed by atoms with van der Waals surface area (Å²) in [5, 5.41) is 4.08. The first-order valence-corrected chi connectivity index (χ1v) is 7.15. The normalized spacial score (nSPS) is 21.9. The maximum atomic E-state index is 12.5. The Morgan fingerprint density at radius 2 is 2.11 bits per heavy atom. The molecule has 100 valence electrons. The van der Waals surface area contributed by atoms with Gasteiger partial charge in [0, 0.05) is 12.5 Å². The minimum absolute atomic E-state index is 0.225. The van der Waals surface area contributed by atoms with Crippen molar-refractivity contribution in [3.63, 3.8) is 0 Å². The molecule has 1 aromatic rings. The van der Waals surface area contributed by atoms with Gasteiger partial charge in [-0.3, -0.25) is 14.8 Å². The summed E-state index contributed by atoms with van der Waals surface area (Å²) in [5.41, 5.74) is 2.34. The Morgan fingerprint density at radius 1 is 1.26 bits per heavy atom. The first-order valence-electron chi connectivity index (χ1n) is 7.15. The molecular weight excluding hydrogens is 236 g/mol. The highest BCUT2D eigenvalue weighted by Crippen LogP contribution is 2.31. The van der Waals surface area contributed by atoms with E-state index < -0.39 is 0 Å². The Morgan fingerprint density at radius 3 is 2.95 bits per heavy atom. The summed E-state index contributed by atoms with van der Waals surface area (Å²) in [7, 11) is 0. The summed E-state index contributed by atoms with van der Waals surface area (Å²) in [6.45, 7) is 3.79. The van der Waals surface area contributed by atoms with Gasteiger partial charge in [0.25, 0.3) is 0 Å². The average Bonchev–Trinajstić information content (AvgIpc) is 2.80. The first kappa shape index (κ1) is 12.3. The number of rotatable bonds is 3. The molecule has 0 radical (unpaired) electrons. The number of hydrogen-bond donors (Lipinski definition) is 0. The number of hydrazine groups is 1. The lowest BCUT2D eigenvalue weighted by molar-refractivity contribution is -0.131. The molecule has 0 N–H and O–H groups in total. The van der Waals surface area contributed by atoms with Crippen molar-refractivity contribution < 1.29 is 4.79 Å². The minimum Gasteiger partial charge on any atom is -0.279 e. The van der Waals surface area contributed by atoms with Crippen LogP contribution in [0, 0.1) is 5.92 Å². The van der Waals surface area contributed by atoms with E-state index in [1.165, 1.54) is 5.56 Å². The van der Waals surface area contributed by atoms with Gasteiger partial charge in [-0.2, -0.15) is 0 Å². The van der Waals surface area contributed by atoms with Crippen molar-refractivity contribution in [2.75, 3.05) is 18.1 Å². The molecule has 1 aromatic carbocycles. The van der Waals surface area contributed by atoms with Crippen molar-refractivity contribution in [3.05, 3.63) is 35.9 Å². The van der Waals surface area contributed by atoms with Gasteiger partial charge in [0.2, 0.25) is 5.91 Å². The molecule has 1 amide bonds. The van der Waals surface area contributed by atoms with Crippen molar-refractivity contribution in [2.24, 2.45) is 5.92 Å². The van der Waals surface area contributed by atoms with Crippen LogP contribution in [-0.4, -0.2) is 24.0 Å². The van der Waals surface area contributed by atoms with Gasteiger partial charge in [-0.1, -0.05) is 43.7 Å². The molecule has 1 fully saturated rings. The Kier molecular flexibility index (Phi) is 3.28. The molecule has 3 heteroatoms. The third-order valence-corrected chi connectivity index (χ3v) is 4.01. The van der Waals surface area contributed by atoms with Crippen LogP contribution in [0.25, 0.3) is 6.08 Å². The van der Waals surface area contributed by atoms with E-state index in [0.717, 1.165) is 38.0 Å². The van der Waals surface area contributed by atoms with Crippen LogP contribution in [0.2, 0.25) is 0 Å². The smallest absolute Gasteiger partial charge is 0.244 e. The Bertz CT molecular complexity index is 509. The van der Waals surface area contributed by atoms with E-state index in [1.807, 2.05) is 17.1 Å². The monoisotopic (exact) mass is 256 g/mol. The number of carbonyl (C=O) groups is 1. The molecule has 1 unspecified atom stereocenters. The zero-order chi connectivity index (χ0) is 13.2. The van der Waals surface area contributed by atoms with Crippen LogP contribution in [0.1, 0.15) is 31.7 Å². The SMILES string of the molecule is CCCC1CCN(N2CC=Cc3ccccc32)C1=O. The summed E-state index contributed by atoms with van der Waals surface area (Å²) in [5.74, 6) is 0.523. The number of fused-ring (bicyclic) bond motifs is 1. The molecule has 1 saturated heterocycles. The highest BCUT2D eigenvalue weighted by Gasteiger charge is 2.35. The molecule has 1 atom stereocenters. The van der Waals surface area contributed by atoms with Gasteiger partial charge in [0.15, 0.2) is 0 Å². The predicted octanol–water partition coefficient (Wildman–Crippen LogP) is 3.08. The van der Waals surface area contributed by atoms with Gasteiger partial charge in [0.05, 0.1) is 12.2 Å². The zero-order valence-corrected chi connectivity index (χ0v) is 11.4. The molecule has 2 heterocycles. The molecule has 0 aromatic heterocycles. The van der Waals surface area contributed by atoms with E-state index in [2.05, 4.69) is 36.2 Å². The van der Waals surface area contributed by atoms with Gasteiger partial charge in [0.1, 0.15) is 0 Å². The lowest BCUT2D eigenvalue weighted by atomic mass is 10.0. The largest absolute Gasteiger partial charge is 0.279 e. The number of para-hydroxylation sites is 1. The second-order valence-electron chi connectivity index (χ2n) is 5.28. The van der Waals surface area contributed by atoms with Crippen LogP contribution in [0.3, 0.4) is 0 Å². The van der Waals surface area contributed by atoms with Gasteiger partial charge >= 0.3 is 0 Å². The van der Waals surface area contributed by atoms with Crippen molar-refractivity contribution in [2.45, 2.75) is 26.2 Å².